The third-order valence-corrected chi connectivity index (χ3v) is 4.67. The molecule has 27 heavy (non-hydrogen) atoms. The van der Waals surface area contributed by atoms with Crippen LogP contribution in [0.2, 0.25) is 0 Å². The molecule has 3 aromatic rings. The van der Waals surface area contributed by atoms with E-state index in [-0.39, 0.29) is 18.1 Å². The van der Waals surface area contributed by atoms with E-state index >= 15 is 0 Å². The van der Waals surface area contributed by atoms with Crippen LogP contribution in [0.25, 0.3) is 11.0 Å². The van der Waals surface area contributed by atoms with Crippen LogP contribution in [-0.2, 0) is 17.6 Å². The second kappa shape index (κ2) is 7.15. The van der Waals surface area contributed by atoms with Crippen molar-refractivity contribution in [1.29, 1.82) is 0 Å². The van der Waals surface area contributed by atoms with Crippen LogP contribution in [0.4, 0.5) is 5.69 Å². The summed E-state index contributed by atoms with van der Waals surface area (Å²) in [6.07, 6.45) is 2.64. The normalized spacial score (nSPS) is 12.6. The van der Waals surface area contributed by atoms with Gasteiger partial charge >= 0.3 is 5.63 Å². The van der Waals surface area contributed by atoms with Crippen molar-refractivity contribution in [2.45, 2.75) is 19.3 Å². The first-order valence-electron chi connectivity index (χ1n) is 8.79. The first-order chi connectivity index (χ1) is 13.1. The van der Waals surface area contributed by atoms with Crippen molar-refractivity contribution < 1.29 is 18.7 Å². The second-order valence-corrected chi connectivity index (χ2v) is 6.43. The van der Waals surface area contributed by atoms with Crippen molar-refractivity contribution in [1.82, 2.24) is 0 Å². The molecule has 0 radical (unpaired) electrons. The number of nitrogens with one attached hydrogen (secondary N) is 1. The van der Waals surface area contributed by atoms with Gasteiger partial charge in [-0.05, 0) is 49.1 Å². The number of benzene rings is 2. The number of carbonyl (C=O) groups excluding carboxylic acids is 1. The summed E-state index contributed by atoms with van der Waals surface area (Å²) in [5.41, 5.74) is 2.70. The first kappa shape index (κ1) is 17.1. The first-order valence-corrected chi connectivity index (χ1v) is 8.79. The molecule has 1 N–H and O–H groups in total. The lowest BCUT2D eigenvalue weighted by atomic mass is 10.1. The topological polar surface area (TPSA) is 77.8 Å². The van der Waals surface area contributed by atoms with Gasteiger partial charge < -0.3 is 19.2 Å². The molecule has 138 valence electrons. The maximum Gasteiger partial charge on any atom is 0.339 e. The second-order valence-electron chi connectivity index (χ2n) is 6.43. The third-order valence-electron chi connectivity index (χ3n) is 4.67. The lowest BCUT2D eigenvalue weighted by molar-refractivity contribution is -0.118. The van der Waals surface area contributed by atoms with Gasteiger partial charge in [0.05, 0.1) is 7.11 Å². The number of hydrogen-bond donors (Lipinski definition) is 1. The van der Waals surface area contributed by atoms with Gasteiger partial charge in [0.1, 0.15) is 17.1 Å². The van der Waals surface area contributed by atoms with Crippen molar-refractivity contribution >= 4 is 22.6 Å². The van der Waals surface area contributed by atoms with E-state index in [1.54, 1.807) is 43.5 Å². The Morgan fingerprint density at radius 3 is 2.81 bits per heavy atom. The predicted octanol–water partition coefficient (Wildman–Crippen LogP) is 3.31. The quantitative estimate of drug-likeness (QED) is 0.702. The number of anilines is 1. The Morgan fingerprint density at radius 1 is 1.11 bits per heavy atom. The maximum atomic E-state index is 12.1. The minimum Gasteiger partial charge on any atom is -0.497 e. The summed E-state index contributed by atoms with van der Waals surface area (Å²) in [6, 6.07) is 12.4. The predicted molar refractivity (Wildman–Crippen MR) is 102 cm³/mol. The molecular formula is C21H19NO5. The maximum absolute atomic E-state index is 12.1. The van der Waals surface area contributed by atoms with Gasteiger partial charge in [0, 0.05) is 28.8 Å². The van der Waals surface area contributed by atoms with Crippen LogP contribution >= 0.6 is 0 Å². The Kier molecular flexibility index (Phi) is 4.54. The zero-order valence-corrected chi connectivity index (χ0v) is 14.9. The van der Waals surface area contributed by atoms with Crippen molar-refractivity contribution in [2.75, 3.05) is 19.0 Å². The molecule has 4 rings (SSSR count). The van der Waals surface area contributed by atoms with Crippen molar-refractivity contribution in [2.24, 2.45) is 0 Å². The average Bonchev–Trinajstić information content (AvgIpc) is 3.17. The Bertz CT molecular complexity index is 1070. The van der Waals surface area contributed by atoms with Crippen LogP contribution < -0.4 is 20.4 Å². The van der Waals surface area contributed by atoms with Crippen LogP contribution in [0.5, 0.6) is 11.5 Å². The molecule has 6 heteroatoms. The molecule has 0 atom stereocenters. The molecule has 1 heterocycles. The Balaban J connectivity index is 1.46. The highest BCUT2D eigenvalue weighted by atomic mass is 16.5. The highest BCUT2D eigenvalue weighted by Crippen LogP contribution is 2.29. The molecule has 0 unspecified atom stereocenters. The SMILES string of the molecule is COc1cccc(NC(=O)COc2ccc3c4c(c(=O)oc3c2)CCC4)c1. The van der Waals surface area contributed by atoms with Gasteiger partial charge in [-0.25, -0.2) is 4.79 Å². The molecule has 1 amide bonds. The van der Waals surface area contributed by atoms with E-state index in [1.165, 1.54) is 0 Å². The molecule has 6 nitrogen and oxygen atoms in total. The number of fused-ring (bicyclic) bond motifs is 3. The summed E-state index contributed by atoms with van der Waals surface area (Å²) >= 11 is 0. The Labute approximate surface area is 155 Å². The molecule has 0 saturated carbocycles. The van der Waals surface area contributed by atoms with E-state index in [2.05, 4.69) is 5.32 Å². The van der Waals surface area contributed by atoms with E-state index < -0.39 is 0 Å². The zero-order chi connectivity index (χ0) is 18.8. The molecule has 1 aliphatic rings. The van der Waals surface area contributed by atoms with Crippen molar-refractivity contribution in [3.8, 4) is 11.5 Å². The summed E-state index contributed by atoms with van der Waals surface area (Å²) in [5.74, 6) is 0.842. The summed E-state index contributed by atoms with van der Waals surface area (Å²) in [5, 5.41) is 3.69. The highest BCUT2D eigenvalue weighted by molar-refractivity contribution is 5.92. The third kappa shape index (κ3) is 3.51. The van der Waals surface area contributed by atoms with Crippen molar-refractivity contribution in [3.05, 3.63) is 64.0 Å². The van der Waals surface area contributed by atoms with Gasteiger partial charge in [-0.2, -0.15) is 0 Å². The minimum atomic E-state index is -0.293. The van der Waals surface area contributed by atoms with Crippen LogP contribution in [-0.4, -0.2) is 19.6 Å². The zero-order valence-electron chi connectivity index (χ0n) is 14.9. The fourth-order valence-electron chi connectivity index (χ4n) is 3.40. The van der Waals surface area contributed by atoms with E-state index in [9.17, 15) is 9.59 Å². The van der Waals surface area contributed by atoms with Gasteiger partial charge in [0.2, 0.25) is 0 Å². The van der Waals surface area contributed by atoms with Gasteiger partial charge in [0.25, 0.3) is 5.91 Å². The number of amides is 1. The van der Waals surface area contributed by atoms with Gasteiger partial charge in [-0.1, -0.05) is 6.07 Å². The van der Waals surface area contributed by atoms with E-state index in [4.69, 9.17) is 13.9 Å². The largest absolute Gasteiger partial charge is 0.497 e. The van der Waals surface area contributed by atoms with Crippen LogP contribution in [0.15, 0.2) is 51.7 Å². The minimum absolute atomic E-state index is 0.155. The number of rotatable bonds is 5. The van der Waals surface area contributed by atoms with E-state index in [0.29, 0.717) is 22.8 Å². The molecule has 2 aromatic carbocycles. The van der Waals surface area contributed by atoms with Crippen LogP contribution in [0.3, 0.4) is 0 Å². The molecular weight excluding hydrogens is 346 g/mol. The molecule has 0 saturated heterocycles. The molecule has 0 aliphatic heterocycles. The van der Waals surface area contributed by atoms with Gasteiger partial charge in [-0.15, -0.1) is 0 Å². The Morgan fingerprint density at radius 2 is 1.96 bits per heavy atom. The molecule has 1 aliphatic carbocycles. The number of aryl methyl sites for hydroxylation is 1. The standard InChI is InChI=1S/C21H19NO5/c1-25-14-5-2-4-13(10-14)22-20(23)12-26-15-8-9-17-16-6-3-7-18(16)21(24)27-19(17)11-15/h2,4-5,8-11H,3,6-7,12H2,1H3,(H,22,23). The number of methoxy groups -OCH3 is 1. The molecule has 1 aromatic heterocycles. The van der Waals surface area contributed by atoms with Crippen LogP contribution in [0, 0.1) is 0 Å². The molecule has 0 bridgehead atoms. The Hall–Kier alpha value is -3.28. The summed E-state index contributed by atoms with van der Waals surface area (Å²) in [4.78, 5) is 24.2. The lowest BCUT2D eigenvalue weighted by Gasteiger charge is -2.10. The number of hydrogen-bond acceptors (Lipinski definition) is 5. The molecule has 0 fully saturated rings. The summed E-state index contributed by atoms with van der Waals surface area (Å²) in [6.45, 7) is -0.155. The number of carbonyl (C=O) groups is 1. The summed E-state index contributed by atoms with van der Waals surface area (Å²) in [7, 11) is 1.57. The monoisotopic (exact) mass is 365 g/mol. The molecule has 0 spiro atoms. The average molecular weight is 365 g/mol. The fourth-order valence-corrected chi connectivity index (χ4v) is 3.40. The lowest BCUT2D eigenvalue weighted by Crippen LogP contribution is -2.20. The smallest absolute Gasteiger partial charge is 0.339 e. The van der Waals surface area contributed by atoms with Crippen LogP contribution in [0.1, 0.15) is 17.5 Å². The van der Waals surface area contributed by atoms with Crippen molar-refractivity contribution in [3.63, 3.8) is 0 Å². The summed E-state index contributed by atoms with van der Waals surface area (Å²) < 4.78 is 16.1. The number of ether oxygens (including phenoxy) is 2. The van der Waals surface area contributed by atoms with Gasteiger partial charge in [-0.3, -0.25) is 4.79 Å². The van der Waals surface area contributed by atoms with Gasteiger partial charge in [0.15, 0.2) is 6.61 Å². The highest BCUT2D eigenvalue weighted by Gasteiger charge is 2.19. The fraction of sp³-hybridized carbons (Fsp3) is 0.238. The van der Waals surface area contributed by atoms with E-state index in [0.717, 1.165) is 35.8 Å². The van der Waals surface area contributed by atoms with E-state index in [1.807, 2.05) is 6.07 Å².